The Morgan fingerprint density at radius 1 is 1.35 bits per heavy atom. The molecule has 3 N–H and O–H groups in total. The van der Waals surface area contributed by atoms with Crippen molar-refractivity contribution in [3.63, 3.8) is 0 Å². The molecule has 0 amide bonds. The first-order valence-corrected chi connectivity index (χ1v) is 6.61. The molecule has 1 aromatic rings. The van der Waals surface area contributed by atoms with Gasteiger partial charge in [0.05, 0.1) is 11.9 Å². The maximum Gasteiger partial charge on any atom is 0.129 e. The normalized spacial score (nSPS) is 24.6. The van der Waals surface area contributed by atoms with E-state index in [1.807, 2.05) is 6.07 Å². The fourth-order valence-electron chi connectivity index (χ4n) is 2.56. The van der Waals surface area contributed by atoms with Crippen LogP contribution in [0.3, 0.4) is 0 Å². The molecule has 0 aliphatic heterocycles. The second-order valence-corrected chi connectivity index (χ2v) is 5.44. The van der Waals surface area contributed by atoms with Crippen LogP contribution in [0.5, 0.6) is 0 Å². The standard InChI is InChI=1S/C14H23N3/c1-10-3-5-12(6-4-10)8-16-14-11(2)7-13(15)9-17-14/h7,9-10,12H,3-6,8,15H2,1-2H3,(H,16,17). The van der Waals surface area contributed by atoms with Gasteiger partial charge in [-0.3, -0.25) is 0 Å². The molecule has 0 spiro atoms. The summed E-state index contributed by atoms with van der Waals surface area (Å²) in [6.07, 6.45) is 7.17. The maximum atomic E-state index is 5.69. The second-order valence-electron chi connectivity index (χ2n) is 5.44. The third-order valence-corrected chi connectivity index (χ3v) is 3.79. The van der Waals surface area contributed by atoms with Crippen molar-refractivity contribution in [3.05, 3.63) is 17.8 Å². The van der Waals surface area contributed by atoms with Gasteiger partial charge in [-0.2, -0.15) is 0 Å². The van der Waals surface area contributed by atoms with Gasteiger partial charge in [0.1, 0.15) is 5.82 Å². The molecule has 1 saturated carbocycles. The summed E-state index contributed by atoms with van der Waals surface area (Å²) in [5, 5.41) is 3.46. The molecule has 3 heteroatoms. The Bertz CT molecular complexity index is 368. The summed E-state index contributed by atoms with van der Waals surface area (Å²) in [4.78, 5) is 4.34. The number of aromatic nitrogens is 1. The lowest BCUT2D eigenvalue weighted by atomic mass is 9.83. The zero-order chi connectivity index (χ0) is 12.3. The topological polar surface area (TPSA) is 50.9 Å². The predicted octanol–water partition coefficient (Wildman–Crippen LogP) is 3.21. The maximum absolute atomic E-state index is 5.69. The summed E-state index contributed by atoms with van der Waals surface area (Å²) in [5.41, 5.74) is 7.56. The third kappa shape index (κ3) is 3.35. The molecule has 0 atom stereocenters. The van der Waals surface area contributed by atoms with Gasteiger partial charge in [-0.05, 0) is 43.2 Å². The lowest BCUT2D eigenvalue weighted by Crippen LogP contribution is -2.20. The second kappa shape index (κ2) is 5.39. The molecular formula is C14H23N3. The SMILES string of the molecule is Cc1cc(N)cnc1NCC1CCC(C)CC1. The highest BCUT2D eigenvalue weighted by molar-refractivity contribution is 5.50. The van der Waals surface area contributed by atoms with E-state index in [-0.39, 0.29) is 0 Å². The van der Waals surface area contributed by atoms with E-state index in [1.54, 1.807) is 6.20 Å². The molecule has 0 bridgehead atoms. The van der Waals surface area contributed by atoms with Crippen molar-refractivity contribution in [2.45, 2.75) is 39.5 Å². The molecule has 3 nitrogen and oxygen atoms in total. The molecule has 1 heterocycles. The van der Waals surface area contributed by atoms with Crippen molar-refractivity contribution in [2.75, 3.05) is 17.6 Å². The average Bonchev–Trinajstić information content (AvgIpc) is 2.30. The molecule has 1 aromatic heterocycles. The van der Waals surface area contributed by atoms with Gasteiger partial charge in [0.15, 0.2) is 0 Å². The molecule has 0 radical (unpaired) electrons. The molecule has 0 unspecified atom stereocenters. The van der Waals surface area contributed by atoms with Gasteiger partial charge >= 0.3 is 0 Å². The Labute approximate surface area is 104 Å². The van der Waals surface area contributed by atoms with E-state index in [1.165, 1.54) is 25.7 Å². The van der Waals surface area contributed by atoms with E-state index in [2.05, 4.69) is 24.1 Å². The Morgan fingerprint density at radius 3 is 2.71 bits per heavy atom. The minimum atomic E-state index is 0.736. The minimum absolute atomic E-state index is 0.736. The van der Waals surface area contributed by atoms with E-state index in [9.17, 15) is 0 Å². The van der Waals surface area contributed by atoms with Gasteiger partial charge in [0, 0.05) is 6.54 Å². The van der Waals surface area contributed by atoms with Gasteiger partial charge in [0.2, 0.25) is 0 Å². The summed E-state index contributed by atoms with van der Waals surface area (Å²) in [7, 11) is 0. The van der Waals surface area contributed by atoms with Crippen LogP contribution in [0.25, 0.3) is 0 Å². The monoisotopic (exact) mass is 233 g/mol. The number of rotatable bonds is 3. The van der Waals surface area contributed by atoms with E-state index in [0.717, 1.165) is 35.4 Å². The highest BCUT2D eigenvalue weighted by Gasteiger charge is 2.18. The van der Waals surface area contributed by atoms with Gasteiger partial charge in [-0.15, -0.1) is 0 Å². The van der Waals surface area contributed by atoms with Crippen LogP contribution in [0, 0.1) is 18.8 Å². The first-order valence-electron chi connectivity index (χ1n) is 6.61. The fraction of sp³-hybridized carbons (Fsp3) is 0.643. The van der Waals surface area contributed by atoms with E-state index >= 15 is 0 Å². The number of pyridine rings is 1. The van der Waals surface area contributed by atoms with Crippen LogP contribution in [0.4, 0.5) is 11.5 Å². The van der Waals surface area contributed by atoms with Crippen molar-refractivity contribution in [2.24, 2.45) is 11.8 Å². The molecule has 0 aromatic carbocycles. The number of hydrogen-bond donors (Lipinski definition) is 2. The van der Waals surface area contributed by atoms with Crippen molar-refractivity contribution in [1.29, 1.82) is 0 Å². The predicted molar refractivity (Wildman–Crippen MR) is 73.0 cm³/mol. The summed E-state index contributed by atoms with van der Waals surface area (Å²) in [6.45, 7) is 5.45. The number of hydrogen-bond acceptors (Lipinski definition) is 3. The third-order valence-electron chi connectivity index (χ3n) is 3.79. The smallest absolute Gasteiger partial charge is 0.129 e. The zero-order valence-corrected chi connectivity index (χ0v) is 10.9. The van der Waals surface area contributed by atoms with Crippen LogP contribution in [0.15, 0.2) is 12.3 Å². The van der Waals surface area contributed by atoms with Gasteiger partial charge < -0.3 is 11.1 Å². The lowest BCUT2D eigenvalue weighted by molar-refractivity contribution is 0.300. The van der Waals surface area contributed by atoms with E-state index in [0.29, 0.717) is 0 Å². The summed E-state index contributed by atoms with van der Waals surface area (Å²) < 4.78 is 0. The highest BCUT2D eigenvalue weighted by atomic mass is 15.0. The quantitative estimate of drug-likeness (QED) is 0.843. The number of nitrogens with zero attached hydrogens (tertiary/aromatic N) is 1. The Kier molecular flexibility index (Phi) is 3.87. The number of nitrogens with one attached hydrogen (secondary N) is 1. The first-order chi connectivity index (χ1) is 8.15. The van der Waals surface area contributed by atoms with Gasteiger partial charge in [-0.25, -0.2) is 4.98 Å². The molecule has 17 heavy (non-hydrogen) atoms. The zero-order valence-electron chi connectivity index (χ0n) is 10.9. The summed E-state index contributed by atoms with van der Waals surface area (Å²) in [5.74, 6) is 2.71. The largest absolute Gasteiger partial charge is 0.397 e. The Balaban J connectivity index is 1.85. The molecule has 1 fully saturated rings. The molecule has 1 aliphatic carbocycles. The van der Waals surface area contributed by atoms with Crippen LogP contribution in [0.2, 0.25) is 0 Å². The van der Waals surface area contributed by atoms with Crippen LogP contribution in [-0.2, 0) is 0 Å². The molecule has 2 rings (SSSR count). The molecule has 1 aliphatic rings. The van der Waals surface area contributed by atoms with Gasteiger partial charge in [0.25, 0.3) is 0 Å². The summed E-state index contributed by atoms with van der Waals surface area (Å²) >= 11 is 0. The van der Waals surface area contributed by atoms with Crippen LogP contribution < -0.4 is 11.1 Å². The van der Waals surface area contributed by atoms with Crippen LogP contribution >= 0.6 is 0 Å². The van der Waals surface area contributed by atoms with Crippen LogP contribution in [0.1, 0.15) is 38.2 Å². The lowest BCUT2D eigenvalue weighted by Gasteiger charge is -2.26. The number of nitrogen functional groups attached to an aromatic ring is 1. The van der Waals surface area contributed by atoms with E-state index < -0.39 is 0 Å². The average molecular weight is 233 g/mol. The number of anilines is 2. The van der Waals surface area contributed by atoms with Gasteiger partial charge in [-0.1, -0.05) is 19.8 Å². The molecule has 0 saturated heterocycles. The van der Waals surface area contributed by atoms with Crippen molar-refractivity contribution >= 4 is 11.5 Å². The van der Waals surface area contributed by atoms with Crippen molar-refractivity contribution in [3.8, 4) is 0 Å². The summed E-state index contributed by atoms with van der Waals surface area (Å²) in [6, 6.07) is 1.97. The van der Waals surface area contributed by atoms with E-state index in [4.69, 9.17) is 5.73 Å². The Hall–Kier alpha value is -1.25. The molecular weight excluding hydrogens is 210 g/mol. The highest BCUT2D eigenvalue weighted by Crippen LogP contribution is 2.28. The minimum Gasteiger partial charge on any atom is -0.397 e. The molecule has 94 valence electrons. The van der Waals surface area contributed by atoms with Crippen molar-refractivity contribution < 1.29 is 0 Å². The van der Waals surface area contributed by atoms with Crippen LogP contribution in [-0.4, -0.2) is 11.5 Å². The first kappa shape index (κ1) is 12.2. The number of nitrogens with two attached hydrogens (primary N) is 1. The Morgan fingerprint density at radius 2 is 2.06 bits per heavy atom. The fourth-order valence-corrected chi connectivity index (χ4v) is 2.56. The number of aryl methyl sites for hydroxylation is 1. The van der Waals surface area contributed by atoms with Crippen molar-refractivity contribution in [1.82, 2.24) is 4.98 Å².